The van der Waals surface area contributed by atoms with Crippen molar-refractivity contribution in [1.29, 1.82) is 0 Å². The van der Waals surface area contributed by atoms with Gasteiger partial charge in [-0.3, -0.25) is 14.6 Å². The Labute approximate surface area is 256 Å². The molecule has 2 aromatic carbocycles. The van der Waals surface area contributed by atoms with Gasteiger partial charge in [-0.2, -0.15) is 4.98 Å². The molecule has 3 amide bonds. The van der Waals surface area contributed by atoms with Crippen molar-refractivity contribution in [1.82, 2.24) is 30.0 Å². The summed E-state index contributed by atoms with van der Waals surface area (Å²) in [5.74, 6) is -0.661. The molecule has 0 unspecified atom stereocenters. The van der Waals surface area contributed by atoms with Crippen LogP contribution in [-0.2, 0) is 27.4 Å². The summed E-state index contributed by atoms with van der Waals surface area (Å²) in [6.45, 7) is 9.97. The fraction of sp³-hybridized carbons (Fsp3) is 0.452. The van der Waals surface area contributed by atoms with Crippen molar-refractivity contribution in [2.24, 2.45) is 0 Å². The minimum atomic E-state index is -0.686. The van der Waals surface area contributed by atoms with E-state index < -0.39 is 23.4 Å². The third-order valence-electron chi connectivity index (χ3n) is 7.14. The quantitative estimate of drug-likeness (QED) is 0.343. The van der Waals surface area contributed by atoms with Crippen LogP contribution >= 0.6 is 0 Å². The summed E-state index contributed by atoms with van der Waals surface area (Å²) < 4.78 is 25.2. The first-order valence-electron chi connectivity index (χ1n) is 14.5. The Balaban J connectivity index is 1.46. The first-order valence-corrected chi connectivity index (χ1v) is 14.5. The number of aryl methyl sites for hydroxylation is 1. The number of hydrogen-bond donors (Lipinski definition) is 1. The number of amides is 3. The zero-order valence-electron chi connectivity index (χ0n) is 26.1. The van der Waals surface area contributed by atoms with Crippen LogP contribution in [0.1, 0.15) is 44.7 Å². The van der Waals surface area contributed by atoms with Gasteiger partial charge in [0.05, 0.1) is 12.2 Å². The van der Waals surface area contributed by atoms with E-state index in [2.05, 4.69) is 15.5 Å². The molecule has 1 N–H and O–H groups in total. The largest absolute Gasteiger partial charge is 0.444 e. The van der Waals surface area contributed by atoms with E-state index in [-0.39, 0.29) is 43.6 Å². The number of hydrazine groups is 1. The smallest absolute Gasteiger partial charge is 0.410 e. The molecule has 12 nitrogen and oxygen atoms in total. The second kappa shape index (κ2) is 13.8. The third kappa shape index (κ3) is 8.31. The summed E-state index contributed by atoms with van der Waals surface area (Å²) in [7, 11) is 1.68. The van der Waals surface area contributed by atoms with Crippen LogP contribution in [0.4, 0.5) is 14.9 Å². The number of likely N-dealkylation sites (N-methyl/N-ethyl adjacent to an activating group) is 2. The number of benzene rings is 2. The summed E-state index contributed by atoms with van der Waals surface area (Å²) in [5, 5.41) is 10.1. The summed E-state index contributed by atoms with van der Waals surface area (Å²) in [4.78, 5) is 46.7. The highest BCUT2D eigenvalue weighted by Gasteiger charge is 2.28. The van der Waals surface area contributed by atoms with Crippen LogP contribution in [-0.4, -0.2) is 93.2 Å². The average molecular weight is 610 g/mol. The molecule has 13 heteroatoms. The lowest BCUT2D eigenvalue weighted by molar-refractivity contribution is -0.151. The van der Waals surface area contributed by atoms with Gasteiger partial charge in [-0.1, -0.05) is 29.4 Å². The topological polar surface area (TPSA) is 124 Å². The van der Waals surface area contributed by atoms with E-state index in [1.807, 2.05) is 36.2 Å². The molecule has 0 saturated carbocycles. The van der Waals surface area contributed by atoms with Crippen molar-refractivity contribution in [3.05, 3.63) is 65.3 Å². The van der Waals surface area contributed by atoms with E-state index >= 15 is 0 Å². The number of halogens is 1. The number of hydrogen-bond acceptors (Lipinski definition) is 9. The average Bonchev–Trinajstić information content (AvgIpc) is 3.61. The molecular weight excluding hydrogens is 569 g/mol. The molecule has 0 aliphatic carbocycles. The Morgan fingerprint density at radius 3 is 2.30 bits per heavy atom. The maximum Gasteiger partial charge on any atom is 0.410 e. The first kappa shape index (κ1) is 32.4. The number of carbonyl (C=O) groups is 3. The Kier molecular flexibility index (Phi) is 10.2. The van der Waals surface area contributed by atoms with E-state index in [1.165, 1.54) is 33.0 Å². The normalized spacial score (nSPS) is 12.9. The molecule has 236 valence electrons. The lowest BCUT2D eigenvalue weighted by Gasteiger charge is -2.32. The lowest BCUT2D eigenvalue weighted by atomic mass is 10.1. The predicted octanol–water partition coefficient (Wildman–Crippen LogP) is 4.07. The molecule has 4 rings (SSSR count). The lowest BCUT2D eigenvalue weighted by Crippen LogP contribution is -2.50. The second-order valence-corrected chi connectivity index (χ2v) is 11.6. The van der Waals surface area contributed by atoms with Gasteiger partial charge >= 0.3 is 6.09 Å². The van der Waals surface area contributed by atoms with Crippen LogP contribution in [0.2, 0.25) is 0 Å². The Morgan fingerprint density at radius 1 is 1.05 bits per heavy atom. The number of aromatic nitrogens is 2. The van der Waals surface area contributed by atoms with Crippen LogP contribution in [0.3, 0.4) is 0 Å². The molecule has 2 heterocycles. The number of nitrogens with zero attached hydrogens (tertiary/aromatic N) is 6. The minimum absolute atomic E-state index is 0.0675. The maximum atomic E-state index is 14.7. The fourth-order valence-corrected chi connectivity index (χ4v) is 4.69. The van der Waals surface area contributed by atoms with E-state index in [0.29, 0.717) is 31.1 Å². The van der Waals surface area contributed by atoms with Gasteiger partial charge in [0.15, 0.2) is 0 Å². The molecule has 0 radical (unpaired) electrons. The first-order chi connectivity index (χ1) is 20.8. The zero-order chi connectivity index (χ0) is 32.0. The molecule has 0 spiro atoms. The van der Waals surface area contributed by atoms with E-state index in [0.717, 1.165) is 11.1 Å². The van der Waals surface area contributed by atoms with Crippen molar-refractivity contribution < 1.29 is 28.0 Å². The van der Waals surface area contributed by atoms with Crippen molar-refractivity contribution in [2.45, 2.75) is 53.3 Å². The molecule has 0 fully saturated rings. The second-order valence-electron chi connectivity index (χ2n) is 11.6. The monoisotopic (exact) mass is 609 g/mol. The standard InChI is InChI=1S/C31H40FN7O5/c1-7-37(30(42)43-31(3,4)5)14-15-38(20-28(41)36(6)39-18-23-10-8-9-11-24(23)19-39)27(40)17-33-26-16-22(12-13-25(26)32)29-34-21(2)44-35-29/h8-13,16,33H,7,14-15,17-20H2,1-6H3. The number of carbonyl (C=O) groups excluding carboxylic acids is 3. The maximum absolute atomic E-state index is 14.7. The minimum Gasteiger partial charge on any atom is -0.444 e. The third-order valence-corrected chi connectivity index (χ3v) is 7.14. The Bertz CT molecular complexity index is 1460. The fourth-order valence-electron chi connectivity index (χ4n) is 4.69. The van der Waals surface area contributed by atoms with Crippen LogP contribution < -0.4 is 5.32 Å². The van der Waals surface area contributed by atoms with E-state index in [9.17, 15) is 18.8 Å². The molecule has 0 saturated heterocycles. The number of fused-ring (bicyclic) bond motifs is 1. The zero-order valence-corrected chi connectivity index (χ0v) is 26.1. The van der Waals surface area contributed by atoms with Gasteiger partial charge in [-0.15, -0.1) is 0 Å². The molecule has 1 aliphatic rings. The molecule has 1 aliphatic heterocycles. The molecule has 0 atom stereocenters. The van der Waals surface area contributed by atoms with Gasteiger partial charge in [0.2, 0.25) is 17.6 Å². The molecule has 3 aromatic rings. The van der Waals surface area contributed by atoms with Crippen LogP contribution in [0.5, 0.6) is 0 Å². The highest BCUT2D eigenvalue weighted by atomic mass is 19.1. The van der Waals surface area contributed by atoms with Crippen LogP contribution in [0, 0.1) is 12.7 Å². The Morgan fingerprint density at radius 2 is 1.70 bits per heavy atom. The van der Waals surface area contributed by atoms with Gasteiger partial charge in [0, 0.05) is 52.3 Å². The van der Waals surface area contributed by atoms with E-state index in [1.54, 1.807) is 34.7 Å². The summed E-state index contributed by atoms with van der Waals surface area (Å²) >= 11 is 0. The summed E-state index contributed by atoms with van der Waals surface area (Å²) in [5.41, 5.74) is 2.17. The number of ether oxygens (including phenoxy) is 1. The van der Waals surface area contributed by atoms with Gasteiger partial charge < -0.3 is 24.4 Å². The molecular formula is C31H40FN7O5. The Hall–Kier alpha value is -4.52. The van der Waals surface area contributed by atoms with Gasteiger partial charge in [0.25, 0.3) is 5.91 Å². The van der Waals surface area contributed by atoms with Crippen molar-refractivity contribution in [2.75, 3.05) is 45.1 Å². The van der Waals surface area contributed by atoms with Gasteiger partial charge in [-0.25, -0.2) is 14.2 Å². The highest BCUT2D eigenvalue weighted by Crippen LogP contribution is 2.24. The molecule has 44 heavy (non-hydrogen) atoms. The molecule has 0 bridgehead atoms. The van der Waals surface area contributed by atoms with Crippen LogP contribution in [0.15, 0.2) is 47.0 Å². The van der Waals surface area contributed by atoms with Gasteiger partial charge in [-0.05, 0) is 57.0 Å². The van der Waals surface area contributed by atoms with Crippen LogP contribution in [0.25, 0.3) is 11.4 Å². The summed E-state index contributed by atoms with van der Waals surface area (Å²) in [6, 6.07) is 12.2. The number of rotatable bonds is 11. The van der Waals surface area contributed by atoms with Crippen molar-refractivity contribution >= 4 is 23.6 Å². The number of anilines is 1. The van der Waals surface area contributed by atoms with Crippen molar-refractivity contribution in [3.63, 3.8) is 0 Å². The number of nitrogens with one attached hydrogen (secondary N) is 1. The highest BCUT2D eigenvalue weighted by molar-refractivity contribution is 5.87. The predicted molar refractivity (Wildman–Crippen MR) is 161 cm³/mol. The summed E-state index contributed by atoms with van der Waals surface area (Å²) in [6.07, 6.45) is -0.514. The molecule has 1 aromatic heterocycles. The van der Waals surface area contributed by atoms with Gasteiger partial charge in [0.1, 0.15) is 18.0 Å². The SMILES string of the molecule is CCN(CCN(CC(=O)N(C)N1Cc2ccccc2C1)C(=O)CNc1cc(-c2noc(C)n2)ccc1F)C(=O)OC(C)(C)C. The van der Waals surface area contributed by atoms with E-state index in [4.69, 9.17) is 9.26 Å². The van der Waals surface area contributed by atoms with Crippen molar-refractivity contribution in [3.8, 4) is 11.4 Å².